The van der Waals surface area contributed by atoms with Crippen LogP contribution in [0.4, 0.5) is 0 Å². The van der Waals surface area contributed by atoms with Crippen molar-refractivity contribution in [2.75, 3.05) is 0 Å². The van der Waals surface area contributed by atoms with E-state index in [2.05, 4.69) is 5.38 Å². The van der Waals surface area contributed by atoms with E-state index in [-0.39, 0.29) is 5.78 Å². The summed E-state index contributed by atoms with van der Waals surface area (Å²) < 4.78 is 6.04. The molecule has 1 aromatic carbocycles. The molecule has 0 N–H and O–H groups in total. The first-order valence-corrected chi connectivity index (χ1v) is 8.84. The zero-order valence-corrected chi connectivity index (χ0v) is 15.6. The van der Waals surface area contributed by atoms with Gasteiger partial charge in [-0.2, -0.15) is 0 Å². The smallest absolute Gasteiger partial charge is 0.210 e. The Morgan fingerprint density at radius 2 is 1.70 bits per heavy atom. The summed E-state index contributed by atoms with van der Waals surface area (Å²) in [6.45, 7) is 7.65. The summed E-state index contributed by atoms with van der Waals surface area (Å²) in [6.07, 6.45) is 0. The Kier molecular flexibility index (Phi) is 4.07. The highest BCUT2D eigenvalue weighted by Crippen LogP contribution is 2.45. The maximum atomic E-state index is 12.9. The average molecular weight is 367 g/mol. The number of hydrogen-bond acceptors (Lipinski definition) is 3. The van der Waals surface area contributed by atoms with Gasteiger partial charge < -0.3 is 4.74 Å². The Hall–Kier alpha value is -1.29. The van der Waals surface area contributed by atoms with E-state index in [9.17, 15) is 4.79 Å². The number of halogens is 2. The monoisotopic (exact) mass is 366 g/mol. The second-order valence-electron chi connectivity index (χ2n) is 6.18. The van der Waals surface area contributed by atoms with Crippen LogP contribution in [0.1, 0.15) is 35.4 Å². The van der Waals surface area contributed by atoms with Gasteiger partial charge in [0.05, 0.1) is 10.5 Å². The molecule has 0 spiro atoms. The van der Waals surface area contributed by atoms with E-state index in [1.54, 1.807) is 43.4 Å². The molecule has 0 amide bonds. The molecule has 1 aliphatic rings. The minimum Gasteiger partial charge on any atom is -0.477 e. The fourth-order valence-corrected chi connectivity index (χ4v) is 4.19. The molecule has 0 bridgehead atoms. The van der Waals surface area contributed by atoms with Crippen LogP contribution in [-0.4, -0.2) is 11.4 Å². The summed E-state index contributed by atoms with van der Waals surface area (Å²) in [5.74, 6) is 0.560. The first kappa shape index (κ1) is 16.6. The van der Waals surface area contributed by atoms with E-state index < -0.39 is 5.60 Å². The van der Waals surface area contributed by atoms with Crippen molar-refractivity contribution in [1.82, 2.24) is 0 Å². The van der Waals surface area contributed by atoms with Gasteiger partial charge in [-0.3, -0.25) is 4.79 Å². The van der Waals surface area contributed by atoms with Crippen molar-refractivity contribution >= 4 is 51.7 Å². The summed E-state index contributed by atoms with van der Waals surface area (Å²) in [7, 11) is 0. The first-order chi connectivity index (χ1) is 10.7. The molecular weight excluding hydrogens is 351 g/mol. The average Bonchev–Trinajstić information content (AvgIpc) is 2.88. The highest BCUT2D eigenvalue weighted by molar-refractivity contribution is 7.11. The molecule has 0 saturated carbocycles. The van der Waals surface area contributed by atoms with Crippen LogP contribution in [0.25, 0.3) is 11.3 Å². The van der Waals surface area contributed by atoms with Gasteiger partial charge in [-0.05, 0) is 68.0 Å². The Morgan fingerprint density at radius 3 is 2.22 bits per heavy atom. The van der Waals surface area contributed by atoms with Crippen molar-refractivity contribution in [3.63, 3.8) is 0 Å². The van der Waals surface area contributed by atoms with Gasteiger partial charge >= 0.3 is 0 Å². The number of ether oxygens (including phenoxy) is 1. The minimum atomic E-state index is -0.899. The van der Waals surface area contributed by atoms with Crippen molar-refractivity contribution in [2.24, 2.45) is 0 Å². The minimum absolute atomic E-state index is 0.0590. The van der Waals surface area contributed by atoms with E-state index in [1.807, 2.05) is 13.8 Å². The van der Waals surface area contributed by atoms with E-state index >= 15 is 0 Å². The molecule has 1 aliphatic heterocycles. The molecule has 1 aromatic heterocycles. The lowest BCUT2D eigenvalue weighted by molar-refractivity contribution is -0.125. The lowest BCUT2D eigenvalue weighted by Crippen LogP contribution is -2.29. The number of rotatable bonds is 2. The van der Waals surface area contributed by atoms with E-state index in [0.29, 0.717) is 26.9 Å². The van der Waals surface area contributed by atoms with Crippen LogP contribution in [0.2, 0.25) is 10.0 Å². The number of aryl methyl sites for hydroxylation is 1. The van der Waals surface area contributed by atoms with Gasteiger partial charge in [-0.15, -0.1) is 11.3 Å². The first-order valence-electron chi connectivity index (χ1n) is 7.20. The normalized spacial score (nSPS) is 16.9. The van der Waals surface area contributed by atoms with Crippen molar-refractivity contribution in [3.05, 3.63) is 55.2 Å². The molecule has 23 heavy (non-hydrogen) atoms. The molecule has 0 aliphatic carbocycles. The Labute approximate surface area is 149 Å². The molecule has 2 heterocycles. The molecular formula is C18H16Cl2O2S. The lowest BCUT2D eigenvalue weighted by atomic mass is 9.93. The third kappa shape index (κ3) is 2.82. The maximum absolute atomic E-state index is 12.9. The SMILES string of the molecule is Cc1csc(C2=C(c3cc(Cl)cc(Cl)c3)C(=O)C(C)(C)O2)c1C. The summed E-state index contributed by atoms with van der Waals surface area (Å²) in [6, 6.07) is 5.15. The molecule has 0 atom stereocenters. The highest BCUT2D eigenvalue weighted by Gasteiger charge is 2.43. The molecule has 5 heteroatoms. The number of ketones is 1. The Bertz CT molecular complexity index is 826. The van der Waals surface area contributed by atoms with Crippen molar-refractivity contribution in [2.45, 2.75) is 33.3 Å². The Balaban J connectivity index is 2.27. The number of hydrogen-bond donors (Lipinski definition) is 0. The van der Waals surface area contributed by atoms with Gasteiger partial charge in [0.15, 0.2) is 5.60 Å². The topological polar surface area (TPSA) is 26.3 Å². The van der Waals surface area contributed by atoms with Gasteiger partial charge in [-0.1, -0.05) is 23.2 Å². The number of benzene rings is 1. The van der Waals surface area contributed by atoms with Gasteiger partial charge in [0, 0.05) is 10.0 Å². The van der Waals surface area contributed by atoms with Crippen LogP contribution in [-0.2, 0) is 9.53 Å². The largest absolute Gasteiger partial charge is 0.477 e. The predicted octanol–water partition coefficient (Wildman–Crippen LogP) is 5.92. The molecule has 0 radical (unpaired) electrons. The molecule has 2 aromatic rings. The zero-order valence-electron chi connectivity index (χ0n) is 13.3. The van der Waals surface area contributed by atoms with Gasteiger partial charge in [-0.25, -0.2) is 0 Å². The lowest BCUT2D eigenvalue weighted by Gasteiger charge is -2.17. The van der Waals surface area contributed by atoms with Crippen LogP contribution in [0, 0.1) is 13.8 Å². The summed E-state index contributed by atoms with van der Waals surface area (Å²) in [5, 5.41) is 3.06. The number of Topliss-reactive ketones (excluding diaryl/α,β-unsaturated/α-hetero) is 1. The summed E-state index contributed by atoms with van der Waals surface area (Å²) in [5.41, 5.74) is 2.65. The van der Waals surface area contributed by atoms with Crippen LogP contribution in [0.5, 0.6) is 0 Å². The standard InChI is InChI=1S/C18H16Cl2O2S/c1-9-8-23-16(10(9)2)15-14(17(21)18(3,4)22-15)11-5-12(19)7-13(20)6-11/h5-8H,1-4H3. The van der Waals surface area contributed by atoms with E-state index in [0.717, 1.165) is 10.4 Å². The number of carbonyl (C=O) groups excluding carboxylic acids is 1. The number of thiophene rings is 1. The molecule has 3 rings (SSSR count). The van der Waals surface area contributed by atoms with Crippen molar-refractivity contribution in [3.8, 4) is 0 Å². The third-order valence-corrected chi connectivity index (χ3v) is 5.64. The van der Waals surface area contributed by atoms with Gasteiger partial charge in [0.25, 0.3) is 0 Å². The fourth-order valence-electron chi connectivity index (χ4n) is 2.60. The summed E-state index contributed by atoms with van der Waals surface area (Å²) >= 11 is 13.8. The molecule has 2 nitrogen and oxygen atoms in total. The molecule has 0 fully saturated rings. The fraction of sp³-hybridized carbons (Fsp3) is 0.278. The molecule has 120 valence electrons. The molecule has 0 unspecified atom stereocenters. The van der Waals surface area contributed by atoms with Crippen LogP contribution in [0.3, 0.4) is 0 Å². The van der Waals surface area contributed by atoms with Crippen LogP contribution in [0.15, 0.2) is 23.6 Å². The summed E-state index contributed by atoms with van der Waals surface area (Å²) in [4.78, 5) is 13.9. The maximum Gasteiger partial charge on any atom is 0.210 e. The van der Waals surface area contributed by atoms with Gasteiger partial charge in [0.2, 0.25) is 5.78 Å². The second-order valence-corrected chi connectivity index (χ2v) is 7.93. The van der Waals surface area contributed by atoms with Crippen molar-refractivity contribution in [1.29, 1.82) is 0 Å². The zero-order chi connectivity index (χ0) is 16.9. The van der Waals surface area contributed by atoms with E-state index in [1.165, 1.54) is 5.56 Å². The van der Waals surface area contributed by atoms with E-state index in [4.69, 9.17) is 27.9 Å². The van der Waals surface area contributed by atoms with Gasteiger partial charge in [0.1, 0.15) is 5.76 Å². The highest BCUT2D eigenvalue weighted by atomic mass is 35.5. The van der Waals surface area contributed by atoms with Crippen molar-refractivity contribution < 1.29 is 9.53 Å². The number of carbonyl (C=O) groups is 1. The third-order valence-electron chi connectivity index (χ3n) is 4.00. The Morgan fingerprint density at radius 1 is 1.09 bits per heavy atom. The molecule has 0 saturated heterocycles. The quantitative estimate of drug-likeness (QED) is 0.659. The van der Waals surface area contributed by atoms with Crippen LogP contribution >= 0.6 is 34.5 Å². The second kappa shape index (κ2) is 5.66. The predicted molar refractivity (Wildman–Crippen MR) is 97.2 cm³/mol. The van der Waals surface area contributed by atoms with Crippen LogP contribution < -0.4 is 0 Å².